The number of nitrogens with zero attached hydrogens (tertiary/aromatic N) is 2. The fourth-order valence-electron chi connectivity index (χ4n) is 4.85. The fraction of sp³-hybridized carbons (Fsp3) is 0.458. The Labute approximate surface area is 185 Å². The second-order valence-electron chi connectivity index (χ2n) is 8.53. The van der Waals surface area contributed by atoms with E-state index in [2.05, 4.69) is 4.98 Å². The third-order valence-corrected chi connectivity index (χ3v) is 7.75. The van der Waals surface area contributed by atoms with Gasteiger partial charge in [0.25, 0.3) is 5.56 Å². The lowest BCUT2D eigenvalue weighted by molar-refractivity contribution is -0.131. The van der Waals surface area contributed by atoms with Gasteiger partial charge in [-0.25, -0.2) is 4.98 Å². The number of rotatable bonds is 4. The number of benzene rings is 1. The van der Waals surface area contributed by atoms with Gasteiger partial charge in [-0.1, -0.05) is 12.1 Å². The number of H-pyrrole nitrogens is 1. The molecule has 0 spiro atoms. The lowest BCUT2D eigenvalue weighted by atomic mass is 9.95. The number of aromatic nitrogens is 2. The van der Waals surface area contributed by atoms with Crippen molar-refractivity contribution in [1.82, 2.24) is 14.9 Å². The van der Waals surface area contributed by atoms with Gasteiger partial charge < -0.3 is 14.6 Å². The number of thiophene rings is 1. The first kappa shape index (κ1) is 20.2. The molecule has 3 heterocycles. The van der Waals surface area contributed by atoms with Gasteiger partial charge in [0, 0.05) is 23.9 Å². The van der Waals surface area contributed by atoms with E-state index in [1.54, 1.807) is 18.4 Å². The number of fused-ring (bicyclic) bond motifs is 3. The van der Waals surface area contributed by atoms with Crippen LogP contribution in [0, 0.1) is 0 Å². The summed E-state index contributed by atoms with van der Waals surface area (Å²) in [6.45, 7) is 1.38. The number of hydrogen-bond donors (Lipinski definition) is 1. The van der Waals surface area contributed by atoms with Gasteiger partial charge in [-0.05, 0) is 61.8 Å². The quantitative estimate of drug-likeness (QED) is 0.673. The summed E-state index contributed by atoms with van der Waals surface area (Å²) >= 11 is 1.70. The number of ether oxygens (including phenoxy) is 1. The average molecular weight is 438 g/mol. The van der Waals surface area contributed by atoms with Crippen LogP contribution in [0.4, 0.5) is 0 Å². The first-order valence-corrected chi connectivity index (χ1v) is 11.9. The first-order valence-electron chi connectivity index (χ1n) is 11.1. The summed E-state index contributed by atoms with van der Waals surface area (Å²) in [6, 6.07) is 7.66. The monoisotopic (exact) mass is 437 g/mol. The third-order valence-electron chi connectivity index (χ3n) is 6.57. The number of methoxy groups -OCH3 is 1. The van der Waals surface area contributed by atoms with E-state index in [1.807, 2.05) is 29.2 Å². The standard InChI is InChI=1S/C24H27N3O3S/c1-30-17-6-4-5-15(13-17)14-20(28)27-11-9-16(10-12-27)22-25-23(29)21-18-7-2-3-8-19(18)31-24(21)26-22/h4-6,13,16H,2-3,7-12,14H2,1H3,(H,25,26,29). The molecule has 162 valence electrons. The van der Waals surface area contributed by atoms with E-state index in [-0.39, 0.29) is 17.4 Å². The number of likely N-dealkylation sites (tertiary alicyclic amines) is 1. The number of aromatic amines is 1. The summed E-state index contributed by atoms with van der Waals surface area (Å²) in [7, 11) is 1.63. The van der Waals surface area contributed by atoms with E-state index in [4.69, 9.17) is 9.72 Å². The molecular weight excluding hydrogens is 410 g/mol. The molecule has 6 nitrogen and oxygen atoms in total. The molecule has 0 atom stereocenters. The molecule has 1 aromatic carbocycles. The predicted octanol–water partition coefficient (Wildman–Crippen LogP) is 3.82. The Bertz CT molecular complexity index is 1170. The van der Waals surface area contributed by atoms with Crippen molar-refractivity contribution in [1.29, 1.82) is 0 Å². The minimum Gasteiger partial charge on any atom is -0.497 e. The Morgan fingerprint density at radius 3 is 2.87 bits per heavy atom. The zero-order valence-corrected chi connectivity index (χ0v) is 18.6. The van der Waals surface area contributed by atoms with Crippen molar-refractivity contribution in [2.45, 2.75) is 50.9 Å². The van der Waals surface area contributed by atoms with Crippen molar-refractivity contribution < 1.29 is 9.53 Å². The Balaban J connectivity index is 1.27. The number of aryl methyl sites for hydroxylation is 2. The molecule has 0 saturated carbocycles. The van der Waals surface area contributed by atoms with Crippen molar-refractivity contribution in [3.63, 3.8) is 0 Å². The topological polar surface area (TPSA) is 75.3 Å². The molecular formula is C24H27N3O3S. The Kier molecular flexibility index (Phi) is 5.52. The summed E-state index contributed by atoms with van der Waals surface area (Å²) in [5, 5.41) is 0.814. The molecule has 7 heteroatoms. The molecule has 0 unspecified atom stereocenters. The van der Waals surface area contributed by atoms with Crippen LogP contribution >= 0.6 is 11.3 Å². The SMILES string of the molecule is COc1cccc(CC(=O)N2CCC(c3nc4sc5c(c4c(=O)[nH]3)CCCC5)CC2)c1. The number of carbonyl (C=O) groups is 1. The van der Waals surface area contributed by atoms with Crippen LogP contribution in [0.2, 0.25) is 0 Å². The van der Waals surface area contributed by atoms with Crippen LogP contribution in [-0.2, 0) is 24.1 Å². The van der Waals surface area contributed by atoms with Crippen LogP contribution in [0.25, 0.3) is 10.2 Å². The highest BCUT2D eigenvalue weighted by Crippen LogP contribution is 2.35. The van der Waals surface area contributed by atoms with E-state index < -0.39 is 0 Å². The number of piperidine rings is 1. The van der Waals surface area contributed by atoms with Gasteiger partial charge in [0.1, 0.15) is 16.4 Å². The molecule has 1 amide bonds. The maximum Gasteiger partial charge on any atom is 0.259 e. The Hall–Kier alpha value is -2.67. The lowest BCUT2D eigenvalue weighted by Gasteiger charge is -2.31. The molecule has 3 aromatic rings. The van der Waals surface area contributed by atoms with Gasteiger partial charge in [-0.15, -0.1) is 11.3 Å². The van der Waals surface area contributed by atoms with Crippen molar-refractivity contribution in [3.05, 3.63) is 56.4 Å². The van der Waals surface area contributed by atoms with Crippen LogP contribution in [-0.4, -0.2) is 41.0 Å². The van der Waals surface area contributed by atoms with E-state index >= 15 is 0 Å². The van der Waals surface area contributed by atoms with Crippen LogP contribution < -0.4 is 10.3 Å². The number of amides is 1. The maximum absolute atomic E-state index is 12.8. The van der Waals surface area contributed by atoms with E-state index in [9.17, 15) is 9.59 Å². The Morgan fingerprint density at radius 1 is 1.26 bits per heavy atom. The molecule has 1 saturated heterocycles. The van der Waals surface area contributed by atoms with Crippen LogP contribution in [0.5, 0.6) is 5.75 Å². The summed E-state index contributed by atoms with van der Waals surface area (Å²) < 4.78 is 5.25. The number of hydrogen-bond acceptors (Lipinski definition) is 5. The first-order chi connectivity index (χ1) is 15.1. The summed E-state index contributed by atoms with van der Waals surface area (Å²) in [4.78, 5) is 37.7. The third kappa shape index (κ3) is 3.99. The van der Waals surface area contributed by atoms with Crippen molar-refractivity contribution in [3.8, 4) is 5.75 Å². The smallest absolute Gasteiger partial charge is 0.259 e. The molecule has 1 fully saturated rings. The molecule has 1 N–H and O–H groups in total. The molecule has 1 aliphatic heterocycles. The zero-order valence-electron chi connectivity index (χ0n) is 17.8. The highest BCUT2D eigenvalue weighted by Gasteiger charge is 2.27. The average Bonchev–Trinajstić information content (AvgIpc) is 3.18. The molecule has 2 aliphatic rings. The molecule has 5 rings (SSSR count). The van der Waals surface area contributed by atoms with Gasteiger partial charge in [0.15, 0.2) is 0 Å². The zero-order chi connectivity index (χ0) is 21.4. The molecule has 1 aliphatic carbocycles. The van der Waals surface area contributed by atoms with Gasteiger partial charge >= 0.3 is 0 Å². The van der Waals surface area contributed by atoms with Crippen LogP contribution in [0.3, 0.4) is 0 Å². The highest BCUT2D eigenvalue weighted by molar-refractivity contribution is 7.18. The molecule has 2 aromatic heterocycles. The molecule has 0 bridgehead atoms. The van der Waals surface area contributed by atoms with Gasteiger partial charge in [-0.3, -0.25) is 9.59 Å². The summed E-state index contributed by atoms with van der Waals surface area (Å²) in [6.07, 6.45) is 6.44. The predicted molar refractivity (Wildman–Crippen MR) is 122 cm³/mol. The lowest BCUT2D eigenvalue weighted by Crippen LogP contribution is -2.39. The van der Waals surface area contributed by atoms with Crippen molar-refractivity contribution in [2.24, 2.45) is 0 Å². The van der Waals surface area contributed by atoms with Gasteiger partial charge in [0.2, 0.25) is 5.91 Å². The van der Waals surface area contributed by atoms with E-state index in [0.29, 0.717) is 19.5 Å². The van der Waals surface area contributed by atoms with Gasteiger partial charge in [0.05, 0.1) is 18.9 Å². The van der Waals surface area contributed by atoms with Crippen molar-refractivity contribution in [2.75, 3.05) is 20.2 Å². The fourth-order valence-corrected chi connectivity index (χ4v) is 6.11. The number of carbonyl (C=O) groups excluding carboxylic acids is 1. The second kappa shape index (κ2) is 8.46. The summed E-state index contributed by atoms with van der Waals surface area (Å²) in [5.41, 5.74) is 2.20. The van der Waals surface area contributed by atoms with E-state index in [0.717, 1.165) is 59.5 Å². The minimum atomic E-state index is 0.0101. The summed E-state index contributed by atoms with van der Waals surface area (Å²) in [5.74, 6) is 1.88. The van der Waals surface area contributed by atoms with Crippen LogP contribution in [0.1, 0.15) is 53.4 Å². The highest BCUT2D eigenvalue weighted by atomic mass is 32.1. The minimum absolute atomic E-state index is 0.0101. The van der Waals surface area contributed by atoms with Crippen molar-refractivity contribution >= 4 is 27.5 Å². The van der Waals surface area contributed by atoms with E-state index in [1.165, 1.54) is 16.9 Å². The normalized spacial score (nSPS) is 17.0. The molecule has 31 heavy (non-hydrogen) atoms. The second-order valence-corrected chi connectivity index (χ2v) is 9.61. The number of nitrogens with one attached hydrogen (secondary N) is 1. The molecule has 0 radical (unpaired) electrons. The Morgan fingerprint density at radius 2 is 2.06 bits per heavy atom. The largest absolute Gasteiger partial charge is 0.497 e. The van der Waals surface area contributed by atoms with Gasteiger partial charge in [-0.2, -0.15) is 0 Å². The maximum atomic E-state index is 12.8. The van der Waals surface area contributed by atoms with Crippen LogP contribution in [0.15, 0.2) is 29.1 Å².